The largest absolute Gasteiger partial charge is 0.353 e. The van der Waals surface area contributed by atoms with Gasteiger partial charge in [-0.15, -0.1) is 0 Å². The molecule has 0 fully saturated rings. The number of aromatic nitrogens is 4. The normalized spacial score (nSPS) is 11.5. The van der Waals surface area contributed by atoms with Crippen molar-refractivity contribution in [2.45, 2.75) is 32.1 Å². The quantitative estimate of drug-likeness (QED) is 0.473. The lowest BCUT2D eigenvalue weighted by atomic mass is 10.0. The van der Waals surface area contributed by atoms with E-state index in [-0.39, 0.29) is 34.3 Å². The van der Waals surface area contributed by atoms with Gasteiger partial charge in [-0.1, -0.05) is 17.7 Å². The van der Waals surface area contributed by atoms with E-state index < -0.39 is 21.6 Å². The molecule has 0 aliphatic rings. The standard InChI is InChI=1S/C20H21ClFN7O2S/c1-12(2)29-10-14(16-6-9-26-20(27-16)25-8-3-7-23)19(28-29)17-15(21)5-4-13(18(17)22)11-32(24,30)31/h4-6,9-10,12H,3,8,11H2,1-2H3,(H2,24,30,31)(H,25,26,27). The minimum Gasteiger partial charge on any atom is -0.353 e. The number of nitriles is 1. The number of nitrogens with two attached hydrogens (primary N) is 1. The molecule has 0 aliphatic carbocycles. The predicted molar refractivity (Wildman–Crippen MR) is 120 cm³/mol. The lowest BCUT2D eigenvalue weighted by molar-refractivity contribution is 0.533. The Labute approximate surface area is 190 Å². The zero-order valence-electron chi connectivity index (χ0n) is 17.4. The second-order valence-electron chi connectivity index (χ2n) is 7.27. The van der Waals surface area contributed by atoms with Crippen molar-refractivity contribution in [3.05, 3.63) is 47.0 Å². The number of primary sulfonamides is 1. The molecule has 9 nitrogen and oxygen atoms in total. The molecule has 168 valence electrons. The molecule has 3 rings (SSSR count). The summed E-state index contributed by atoms with van der Waals surface area (Å²) in [5.74, 6) is -1.19. The summed E-state index contributed by atoms with van der Waals surface area (Å²) in [5, 5.41) is 21.3. The van der Waals surface area contributed by atoms with Crippen LogP contribution in [0.3, 0.4) is 0 Å². The molecule has 0 saturated carbocycles. The average molecular weight is 478 g/mol. The number of anilines is 1. The van der Waals surface area contributed by atoms with Gasteiger partial charge in [0, 0.05) is 36.1 Å². The highest BCUT2D eigenvalue weighted by Crippen LogP contribution is 2.38. The van der Waals surface area contributed by atoms with E-state index in [0.29, 0.717) is 23.8 Å². The first kappa shape index (κ1) is 23.6. The van der Waals surface area contributed by atoms with Crippen LogP contribution in [0.25, 0.3) is 22.5 Å². The van der Waals surface area contributed by atoms with Crippen LogP contribution in [0.1, 0.15) is 31.9 Å². The number of benzene rings is 1. The monoisotopic (exact) mass is 477 g/mol. The first-order valence-corrected chi connectivity index (χ1v) is 11.7. The summed E-state index contributed by atoms with van der Waals surface area (Å²) < 4.78 is 40.1. The molecule has 1 aromatic carbocycles. The van der Waals surface area contributed by atoms with Gasteiger partial charge < -0.3 is 5.32 Å². The van der Waals surface area contributed by atoms with Crippen LogP contribution in [0.5, 0.6) is 0 Å². The minimum absolute atomic E-state index is 0.0418. The third-order valence-electron chi connectivity index (χ3n) is 4.48. The molecule has 0 atom stereocenters. The molecule has 0 saturated heterocycles. The molecular weight excluding hydrogens is 457 g/mol. The van der Waals surface area contributed by atoms with Crippen molar-refractivity contribution in [2.75, 3.05) is 11.9 Å². The Morgan fingerprint density at radius 3 is 2.75 bits per heavy atom. The number of hydrogen-bond acceptors (Lipinski definition) is 7. The zero-order chi connectivity index (χ0) is 23.5. The molecule has 0 amide bonds. The number of nitrogens with zero attached hydrogens (tertiary/aromatic N) is 5. The van der Waals surface area contributed by atoms with E-state index >= 15 is 4.39 Å². The molecular formula is C20H21ClFN7O2S. The maximum absolute atomic E-state index is 15.4. The van der Waals surface area contributed by atoms with Gasteiger partial charge in [0.25, 0.3) is 0 Å². The summed E-state index contributed by atoms with van der Waals surface area (Å²) in [6.45, 7) is 4.18. The number of rotatable bonds is 8. The SMILES string of the molecule is CC(C)n1cc(-c2ccnc(NCCC#N)n2)c(-c2c(Cl)ccc(CS(N)(=O)=O)c2F)n1. The Hall–Kier alpha value is -3.07. The lowest BCUT2D eigenvalue weighted by Gasteiger charge is -2.10. The fourth-order valence-electron chi connectivity index (χ4n) is 2.99. The van der Waals surface area contributed by atoms with E-state index in [1.807, 2.05) is 19.9 Å². The Bertz CT molecular complexity index is 1290. The molecule has 0 bridgehead atoms. The molecule has 12 heteroatoms. The van der Waals surface area contributed by atoms with Crippen molar-refractivity contribution in [1.82, 2.24) is 19.7 Å². The van der Waals surface area contributed by atoms with Gasteiger partial charge in [0.15, 0.2) is 0 Å². The smallest absolute Gasteiger partial charge is 0.223 e. The molecule has 0 spiro atoms. The van der Waals surface area contributed by atoms with Crippen LogP contribution in [0.4, 0.5) is 10.3 Å². The van der Waals surface area contributed by atoms with Crippen molar-refractivity contribution in [1.29, 1.82) is 5.26 Å². The molecule has 3 N–H and O–H groups in total. The zero-order valence-corrected chi connectivity index (χ0v) is 19.0. The van der Waals surface area contributed by atoms with E-state index in [0.717, 1.165) is 0 Å². The lowest BCUT2D eigenvalue weighted by Crippen LogP contribution is -2.15. The fraction of sp³-hybridized carbons (Fsp3) is 0.300. The van der Waals surface area contributed by atoms with Crippen LogP contribution in [0.2, 0.25) is 5.02 Å². The summed E-state index contributed by atoms with van der Waals surface area (Å²) >= 11 is 6.33. The van der Waals surface area contributed by atoms with Crippen LogP contribution < -0.4 is 10.5 Å². The Balaban J connectivity index is 2.17. The highest BCUT2D eigenvalue weighted by atomic mass is 35.5. The maximum Gasteiger partial charge on any atom is 0.223 e. The number of nitrogens with one attached hydrogen (secondary N) is 1. The highest BCUT2D eigenvalue weighted by molar-refractivity contribution is 7.88. The molecule has 0 aliphatic heterocycles. The highest BCUT2D eigenvalue weighted by Gasteiger charge is 2.24. The van der Waals surface area contributed by atoms with Crippen molar-refractivity contribution < 1.29 is 12.8 Å². The van der Waals surface area contributed by atoms with Crippen LogP contribution in [-0.4, -0.2) is 34.7 Å². The topological polar surface area (TPSA) is 140 Å². The van der Waals surface area contributed by atoms with Gasteiger partial charge in [-0.2, -0.15) is 10.4 Å². The van der Waals surface area contributed by atoms with Crippen molar-refractivity contribution in [3.63, 3.8) is 0 Å². The Morgan fingerprint density at radius 1 is 1.34 bits per heavy atom. The van der Waals surface area contributed by atoms with E-state index in [1.54, 1.807) is 16.9 Å². The van der Waals surface area contributed by atoms with Crippen molar-refractivity contribution in [3.8, 4) is 28.6 Å². The maximum atomic E-state index is 15.4. The summed E-state index contributed by atoms with van der Waals surface area (Å²) in [5.41, 5.74) is 0.990. The molecule has 2 heterocycles. The summed E-state index contributed by atoms with van der Waals surface area (Å²) in [6, 6.07) is 6.31. The van der Waals surface area contributed by atoms with Crippen LogP contribution in [-0.2, 0) is 15.8 Å². The van der Waals surface area contributed by atoms with Gasteiger partial charge in [0.05, 0.1) is 34.5 Å². The van der Waals surface area contributed by atoms with E-state index in [9.17, 15) is 8.42 Å². The number of hydrogen-bond donors (Lipinski definition) is 2. The molecule has 3 aromatic rings. The predicted octanol–water partition coefficient (Wildman–Crippen LogP) is 3.49. The van der Waals surface area contributed by atoms with Gasteiger partial charge in [0.2, 0.25) is 16.0 Å². The number of halogens is 2. The molecule has 32 heavy (non-hydrogen) atoms. The summed E-state index contributed by atoms with van der Waals surface area (Å²) in [4.78, 5) is 8.58. The first-order valence-electron chi connectivity index (χ1n) is 9.62. The van der Waals surface area contributed by atoms with Crippen LogP contribution >= 0.6 is 11.6 Å². The minimum atomic E-state index is -3.96. The third-order valence-corrected chi connectivity index (χ3v) is 5.51. The van der Waals surface area contributed by atoms with Crippen LogP contribution in [0, 0.1) is 17.1 Å². The van der Waals surface area contributed by atoms with E-state index in [2.05, 4.69) is 20.4 Å². The van der Waals surface area contributed by atoms with Crippen LogP contribution in [0.15, 0.2) is 30.6 Å². The van der Waals surface area contributed by atoms with Gasteiger partial charge >= 0.3 is 0 Å². The van der Waals surface area contributed by atoms with Crippen molar-refractivity contribution in [2.24, 2.45) is 5.14 Å². The molecule has 0 unspecified atom stereocenters. The summed E-state index contributed by atoms with van der Waals surface area (Å²) in [6.07, 6.45) is 3.52. The van der Waals surface area contributed by atoms with Gasteiger partial charge in [-0.05, 0) is 26.0 Å². The fourth-order valence-corrected chi connectivity index (χ4v) is 3.89. The van der Waals surface area contributed by atoms with Gasteiger partial charge in [-0.25, -0.2) is 27.9 Å². The third kappa shape index (κ3) is 5.40. The Morgan fingerprint density at radius 2 is 2.09 bits per heavy atom. The van der Waals surface area contributed by atoms with Gasteiger partial charge in [0.1, 0.15) is 11.5 Å². The molecule has 2 aromatic heterocycles. The summed E-state index contributed by atoms with van der Waals surface area (Å²) in [7, 11) is -3.96. The first-order chi connectivity index (χ1) is 15.1. The second-order valence-corrected chi connectivity index (χ2v) is 9.29. The molecule has 0 radical (unpaired) electrons. The van der Waals surface area contributed by atoms with Gasteiger partial charge in [-0.3, -0.25) is 4.68 Å². The Kier molecular flexibility index (Phi) is 7.08. The van der Waals surface area contributed by atoms with E-state index in [1.165, 1.54) is 18.3 Å². The average Bonchev–Trinajstić information content (AvgIpc) is 3.15. The second kappa shape index (κ2) is 9.60. The van der Waals surface area contributed by atoms with E-state index in [4.69, 9.17) is 22.0 Å². The van der Waals surface area contributed by atoms with Crippen molar-refractivity contribution >= 4 is 27.6 Å². The number of sulfonamides is 1.